The lowest BCUT2D eigenvalue weighted by molar-refractivity contribution is 0.211. The average molecular weight is 433 g/mol. The Morgan fingerprint density at radius 3 is 2.23 bits per heavy atom. The third-order valence-electron chi connectivity index (χ3n) is 5.31. The number of hydrogen-bond acceptors (Lipinski definition) is 5. The zero-order valence-corrected chi connectivity index (χ0v) is 18.8. The van der Waals surface area contributed by atoms with E-state index in [0.717, 1.165) is 31.5 Å². The van der Waals surface area contributed by atoms with E-state index >= 15 is 0 Å². The van der Waals surface area contributed by atoms with Crippen LogP contribution in [0.5, 0.6) is 11.5 Å². The lowest BCUT2D eigenvalue weighted by Gasteiger charge is -2.33. The van der Waals surface area contributed by atoms with E-state index in [0.29, 0.717) is 24.7 Å². The van der Waals surface area contributed by atoms with Gasteiger partial charge in [0.25, 0.3) is 0 Å². The Bertz CT molecular complexity index is 912. The van der Waals surface area contributed by atoms with Gasteiger partial charge in [0.2, 0.25) is 10.0 Å². The highest BCUT2D eigenvalue weighted by atomic mass is 32.2. The first kappa shape index (κ1) is 22.6. The van der Waals surface area contributed by atoms with E-state index in [-0.39, 0.29) is 17.0 Å². The number of nitrogens with one attached hydrogen (secondary N) is 1. The van der Waals surface area contributed by atoms with E-state index in [2.05, 4.69) is 21.8 Å². The molecule has 2 aromatic carbocycles. The smallest absolute Gasteiger partial charge is 0.241 e. The summed E-state index contributed by atoms with van der Waals surface area (Å²) in [4.78, 5) is 2.54. The van der Waals surface area contributed by atoms with Gasteiger partial charge in [0.05, 0.1) is 24.2 Å². The van der Waals surface area contributed by atoms with E-state index in [1.54, 1.807) is 12.1 Å². The summed E-state index contributed by atoms with van der Waals surface area (Å²) in [5, 5.41) is 0. The van der Waals surface area contributed by atoms with E-state index in [1.165, 1.54) is 6.07 Å². The van der Waals surface area contributed by atoms with Crippen LogP contribution in [0.1, 0.15) is 45.2 Å². The second-order valence-electron chi connectivity index (χ2n) is 7.48. The fourth-order valence-electron chi connectivity index (χ4n) is 4.06. The summed E-state index contributed by atoms with van der Waals surface area (Å²) in [5.74, 6) is 0.986. The predicted molar refractivity (Wildman–Crippen MR) is 119 cm³/mol. The maximum absolute atomic E-state index is 13.2. The Morgan fingerprint density at radius 1 is 0.967 bits per heavy atom. The van der Waals surface area contributed by atoms with Crippen LogP contribution in [-0.4, -0.2) is 45.7 Å². The number of ether oxygens (including phenoxy) is 2. The lowest BCUT2D eigenvalue weighted by Crippen LogP contribution is -2.43. The Kier molecular flexibility index (Phi) is 7.75. The summed E-state index contributed by atoms with van der Waals surface area (Å²) in [7, 11) is -3.73. The highest BCUT2D eigenvalue weighted by Gasteiger charge is 2.31. The molecule has 0 radical (unpaired) electrons. The summed E-state index contributed by atoms with van der Waals surface area (Å²) in [6, 6.07) is 14.6. The first-order valence-electron chi connectivity index (χ1n) is 10.7. The van der Waals surface area contributed by atoms with Crippen LogP contribution in [0.2, 0.25) is 0 Å². The molecule has 164 valence electrons. The number of rotatable bonds is 10. The lowest BCUT2D eigenvalue weighted by atomic mass is 10.00. The van der Waals surface area contributed by atoms with Crippen molar-refractivity contribution in [2.75, 3.05) is 26.3 Å². The van der Waals surface area contributed by atoms with Gasteiger partial charge in [0.15, 0.2) is 11.5 Å². The maximum Gasteiger partial charge on any atom is 0.241 e. The molecule has 0 amide bonds. The SMILES string of the molecule is CCOc1ccc(S(=O)(=O)NC(C)C(c2ccccc2)N2CCCC2)cc1OCC. The summed E-state index contributed by atoms with van der Waals surface area (Å²) in [6.45, 7) is 8.54. The number of likely N-dealkylation sites (tertiary alicyclic amines) is 1. The van der Waals surface area contributed by atoms with E-state index < -0.39 is 10.0 Å². The first-order valence-corrected chi connectivity index (χ1v) is 12.2. The van der Waals surface area contributed by atoms with Gasteiger partial charge in [-0.05, 0) is 64.4 Å². The minimum absolute atomic E-state index is 0.0162. The van der Waals surface area contributed by atoms with Crippen LogP contribution in [0.25, 0.3) is 0 Å². The minimum Gasteiger partial charge on any atom is -0.490 e. The zero-order valence-electron chi connectivity index (χ0n) is 18.0. The standard InChI is InChI=1S/C23H32N2O4S/c1-4-28-21-14-13-20(17-22(21)29-5-2)30(26,27)24-18(3)23(25-15-9-10-16-25)19-11-7-6-8-12-19/h6-8,11-14,17-18,23-24H,4-5,9-10,15-16H2,1-3H3. The molecule has 2 unspecified atom stereocenters. The number of benzene rings is 2. The van der Waals surface area contributed by atoms with Crippen LogP contribution < -0.4 is 14.2 Å². The van der Waals surface area contributed by atoms with Gasteiger partial charge in [-0.3, -0.25) is 4.90 Å². The zero-order chi connectivity index (χ0) is 21.6. The van der Waals surface area contributed by atoms with Crippen molar-refractivity contribution >= 4 is 10.0 Å². The molecule has 0 bridgehead atoms. The van der Waals surface area contributed by atoms with Gasteiger partial charge >= 0.3 is 0 Å². The monoisotopic (exact) mass is 432 g/mol. The van der Waals surface area contributed by atoms with Crippen molar-refractivity contribution in [3.63, 3.8) is 0 Å². The molecule has 1 N–H and O–H groups in total. The van der Waals surface area contributed by atoms with E-state index in [4.69, 9.17) is 9.47 Å². The quantitative estimate of drug-likeness (QED) is 0.615. The fraction of sp³-hybridized carbons (Fsp3) is 0.478. The third-order valence-corrected chi connectivity index (χ3v) is 6.87. The number of nitrogens with zero attached hydrogens (tertiary/aromatic N) is 1. The van der Waals surface area contributed by atoms with Gasteiger partial charge in [-0.25, -0.2) is 13.1 Å². The topological polar surface area (TPSA) is 67.9 Å². The Hall–Kier alpha value is -2.09. The molecular weight excluding hydrogens is 400 g/mol. The molecule has 7 heteroatoms. The molecule has 1 fully saturated rings. The third kappa shape index (κ3) is 5.33. The molecule has 1 saturated heterocycles. The Labute approximate surface area is 180 Å². The molecule has 30 heavy (non-hydrogen) atoms. The van der Waals surface area contributed by atoms with Crippen molar-refractivity contribution in [2.45, 2.75) is 50.6 Å². The highest BCUT2D eigenvalue weighted by molar-refractivity contribution is 7.89. The van der Waals surface area contributed by atoms with Gasteiger partial charge in [0, 0.05) is 12.1 Å². The van der Waals surface area contributed by atoms with Gasteiger partial charge in [-0.1, -0.05) is 30.3 Å². The maximum atomic E-state index is 13.2. The van der Waals surface area contributed by atoms with Crippen molar-refractivity contribution < 1.29 is 17.9 Å². The first-order chi connectivity index (χ1) is 14.5. The summed E-state index contributed by atoms with van der Waals surface area (Å²) in [5.41, 5.74) is 1.12. The molecular formula is C23H32N2O4S. The van der Waals surface area contributed by atoms with E-state index in [9.17, 15) is 8.42 Å². The molecule has 0 aliphatic carbocycles. The molecule has 2 aromatic rings. The molecule has 2 atom stereocenters. The van der Waals surface area contributed by atoms with Gasteiger partial charge in [-0.15, -0.1) is 0 Å². The summed E-state index contributed by atoms with van der Waals surface area (Å²) >= 11 is 0. The summed E-state index contributed by atoms with van der Waals surface area (Å²) in [6.07, 6.45) is 2.28. The second-order valence-corrected chi connectivity index (χ2v) is 9.20. The largest absolute Gasteiger partial charge is 0.490 e. The van der Waals surface area contributed by atoms with Crippen LogP contribution in [0.4, 0.5) is 0 Å². The van der Waals surface area contributed by atoms with Crippen molar-refractivity contribution in [3.05, 3.63) is 54.1 Å². The molecule has 1 aliphatic rings. The van der Waals surface area contributed by atoms with Crippen molar-refractivity contribution in [3.8, 4) is 11.5 Å². The Balaban J connectivity index is 1.86. The molecule has 1 aliphatic heterocycles. The minimum atomic E-state index is -3.73. The highest BCUT2D eigenvalue weighted by Crippen LogP contribution is 2.32. The second kappa shape index (κ2) is 10.3. The van der Waals surface area contributed by atoms with Crippen LogP contribution >= 0.6 is 0 Å². The molecule has 0 spiro atoms. The molecule has 0 saturated carbocycles. The molecule has 0 aromatic heterocycles. The normalized spacial score (nSPS) is 16.9. The van der Waals surface area contributed by atoms with Gasteiger partial charge < -0.3 is 9.47 Å². The molecule has 6 nitrogen and oxygen atoms in total. The van der Waals surface area contributed by atoms with Gasteiger partial charge in [0.1, 0.15) is 0 Å². The average Bonchev–Trinajstić information content (AvgIpc) is 3.24. The number of sulfonamides is 1. The van der Waals surface area contributed by atoms with Crippen LogP contribution in [-0.2, 0) is 10.0 Å². The number of hydrogen-bond donors (Lipinski definition) is 1. The van der Waals surface area contributed by atoms with Gasteiger partial charge in [-0.2, -0.15) is 0 Å². The van der Waals surface area contributed by atoms with Crippen molar-refractivity contribution in [1.82, 2.24) is 9.62 Å². The molecule has 3 rings (SSSR count). The summed E-state index contributed by atoms with van der Waals surface area (Å²) < 4.78 is 40.4. The van der Waals surface area contributed by atoms with E-state index in [1.807, 2.05) is 39.0 Å². The predicted octanol–water partition coefficient (Wildman–Crippen LogP) is 3.99. The van der Waals surface area contributed by atoms with Crippen LogP contribution in [0.3, 0.4) is 0 Å². The van der Waals surface area contributed by atoms with Crippen molar-refractivity contribution in [1.29, 1.82) is 0 Å². The molecule has 1 heterocycles. The van der Waals surface area contributed by atoms with Crippen molar-refractivity contribution in [2.24, 2.45) is 0 Å². The van der Waals surface area contributed by atoms with Crippen LogP contribution in [0, 0.1) is 0 Å². The van der Waals surface area contributed by atoms with Crippen LogP contribution in [0.15, 0.2) is 53.4 Å². The Morgan fingerprint density at radius 2 is 1.60 bits per heavy atom. The fourth-order valence-corrected chi connectivity index (χ4v) is 5.33.